The van der Waals surface area contributed by atoms with Gasteiger partial charge in [-0.1, -0.05) is 12.1 Å². The first kappa shape index (κ1) is 9.65. The summed E-state index contributed by atoms with van der Waals surface area (Å²) in [5, 5.41) is 11.3. The van der Waals surface area contributed by atoms with E-state index < -0.39 is 0 Å². The van der Waals surface area contributed by atoms with E-state index >= 15 is 0 Å². The molecular formula is C10H18N4. The van der Waals surface area contributed by atoms with Crippen molar-refractivity contribution in [3.05, 3.63) is 12.4 Å². The van der Waals surface area contributed by atoms with Gasteiger partial charge in [0.1, 0.15) is 0 Å². The SMILES string of the molecule is CCC(NCCn1ccnn1)C1CC1. The molecule has 1 aliphatic carbocycles. The van der Waals surface area contributed by atoms with Crippen molar-refractivity contribution in [3.63, 3.8) is 0 Å². The van der Waals surface area contributed by atoms with Crippen LogP contribution in [-0.4, -0.2) is 27.6 Å². The molecule has 2 rings (SSSR count). The molecule has 1 aromatic rings. The first-order chi connectivity index (χ1) is 6.90. The summed E-state index contributed by atoms with van der Waals surface area (Å²) < 4.78 is 1.87. The Bertz CT molecular complexity index is 253. The zero-order chi connectivity index (χ0) is 9.80. The van der Waals surface area contributed by atoms with Crippen LogP contribution in [0.15, 0.2) is 12.4 Å². The Kier molecular flexibility index (Phi) is 3.14. The molecule has 4 nitrogen and oxygen atoms in total. The van der Waals surface area contributed by atoms with E-state index in [1.807, 2.05) is 10.9 Å². The van der Waals surface area contributed by atoms with E-state index in [4.69, 9.17) is 0 Å². The Morgan fingerprint density at radius 1 is 1.57 bits per heavy atom. The van der Waals surface area contributed by atoms with Gasteiger partial charge in [-0.05, 0) is 25.2 Å². The molecule has 1 N–H and O–H groups in total. The third kappa shape index (κ3) is 2.54. The van der Waals surface area contributed by atoms with Crippen LogP contribution in [-0.2, 0) is 6.54 Å². The summed E-state index contributed by atoms with van der Waals surface area (Å²) in [6.07, 6.45) is 7.68. The lowest BCUT2D eigenvalue weighted by atomic mass is 10.1. The zero-order valence-electron chi connectivity index (χ0n) is 8.69. The van der Waals surface area contributed by atoms with Crippen LogP contribution in [0.3, 0.4) is 0 Å². The first-order valence-electron chi connectivity index (χ1n) is 5.47. The summed E-state index contributed by atoms with van der Waals surface area (Å²) in [7, 11) is 0. The van der Waals surface area contributed by atoms with Crippen molar-refractivity contribution in [2.24, 2.45) is 5.92 Å². The fourth-order valence-electron chi connectivity index (χ4n) is 1.86. The predicted molar refractivity (Wildman–Crippen MR) is 54.8 cm³/mol. The van der Waals surface area contributed by atoms with Gasteiger partial charge in [-0.3, -0.25) is 4.68 Å². The van der Waals surface area contributed by atoms with Crippen molar-refractivity contribution < 1.29 is 0 Å². The van der Waals surface area contributed by atoms with Crippen LogP contribution in [0.2, 0.25) is 0 Å². The number of aromatic nitrogens is 3. The van der Waals surface area contributed by atoms with Crippen LogP contribution in [0, 0.1) is 5.92 Å². The van der Waals surface area contributed by atoms with Crippen LogP contribution in [0.25, 0.3) is 0 Å². The van der Waals surface area contributed by atoms with Crippen molar-refractivity contribution in [3.8, 4) is 0 Å². The molecule has 1 fully saturated rings. The van der Waals surface area contributed by atoms with E-state index in [0.29, 0.717) is 0 Å². The highest BCUT2D eigenvalue weighted by Gasteiger charge is 2.29. The maximum absolute atomic E-state index is 3.93. The Morgan fingerprint density at radius 2 is 2.43 bits per heavy atom. The summed E-state index contributed by atoms with van der Waals surface area (Å²) in [6.45, 7) is 4.17. The van der Waals surface area contributed by atoms with Gasteiger partial charge in [0.15, 0.2) is 0 Å². The highest BCUT2D eigenvalue weighted by Crippen LogP contribution is 2.33. The predicted octanol–water partition coefficient (Wildman–Crippen LogP) is 1.06. The van der Waals surface area contributed by atoms with Gasteiger partial charge in [-0.2, -0.15) is 0 Å². The second kappa shape index (κ2) is 4.55. The van der Waals surface area contributed by atoms with Gasteiger partial charge in [-0.15, -0.1) is 5.10 Å². The average Bonchev–Trinajstić information content (AvgIpc) is 2.91. The maximum atomic E-state index is 3.93. The molecule has 78 valence electrons. The number of hydrogen-bond donors (Lipinski definition) is 1. The molecule has 0 bridgehead atoms. The second-order valence-corrected chi connectivity index (χ2v) is 3.97. The van der Waals surface area contributed by atoms with Crippen molar-refractivity contribution in [2.45, 2.75) is 38.8 Å². The topological polar surface area (TPSA) is 42.7 Å². The van der Waals surface area contributed by atoms with Crippen LogP contribution < -0.4 is 5.32 Å². The first-order valence-corrected chi connectivity index (χ1v) is 5.47. The van der Waals surface area contributed by atoms with E-state index in [9.17, 15) is 0 Å². The smallest absolute Gasteiger partial charge is 0.0692 e. The van der Waals surface area contributed by atoms with Crippen LogP contribution in [0.4, 0.5) is 0 Å². The van der Waals surface area contributed by atoms with E-state index in [0.717, 1.165) is 25.0 Å². The molecule has 14 heavy (non-hydrogen) atoms. The van der Waals surface area contributed by atoms with Gasteiger partial charge in [0, 0.05) is 18.8 Å². The molecule has 0 saturated heterocycles. The molecule has 1 heterocycles. The van der Waals surface area contributed by atoms with Crippen molar-refractivity contribution >= 4 is 0 Å². The van der Waals surface area contributed by atoms with Crippen LogP contribution in [0.5, 0.6) is 0 Å². The van der Waals surface area contributed by atoms with Gasteiger partial charge >= 0.3 is 0 Å². The van der Waals surface area contributed by atoms with Crippen LogP contribution in [0.1, 0.15) is 26.2 Å². The fourth-order valence-corrected chi connectivity index (χ4v) is 1.86. The highest BCUT2D eigenvalue weighted by atomic mass is 15.4. The Labute approximate surface area is 84.7 Å². The van der Waals surface area contributed by atoms with Gasteiger partial charge in [0.05, 0.1) is 12.7 Å². The molecule has 1 unspecified atom stereocenters. The molecule has 4 heteroatoms. The average molecular weight is 194 g/mol. The Hall–Kier alpha value is -0.900. The number of hydrogen-bond acceptors (Lipinski definition) is 3. The summed E-state index contributed by atoms with van der Waals surface area (Å²) in [5.74, 6) is 0.941. The van der Waals surface area contributed by atoms with Crippen LogP contribution >= 0.6 is 0 Å². The normalized spacial score (nSPS) is 18.4. The molecule has 1 aromatic heterocycles. The van der Waals surface area contributed by atoms with Gasteiger partial charge in [0.25, 0.3) is 0 Å². The van der Waals surface area contributed by atoms with E-state index in [2.05, 4.69) is 22.6 Å². The van der Waals surface area contributed by atoms with E-state index in [1.165, 1.54) is 19.3 Å². The largest absolute Gasteiger partial charge is 0.312 e. The molecule has 0 radical (unpaired) electrons. The highest BCUT2D eigenvalue weighted by molar-refractivity contribution is 4.85. The molecule has 1 saturated carbocycles. The Morgan fingerprint density at radius 3 is 3.00 bits per heavy atom. The lowest BCUT2D eigenvalue weighted by Gasteiger charge is -2.15. The zero-order valence-corrected chi connectivity index (χ0v) is 8.69. The van der Waals surface area contributed by atoms with Crippen molar-refractivity contribution in [1.82, 2.24) is 20.3 Å². The van der Waals surface area contributed by atoms with E-state index in [-0.39, 0.29) is 0 Å². The number of nitrogens with one attached hydrogen (secondary N) is 1. The minimum atomic E-state index is 0.721. The quantitative estimate of drug-likeness (QED) is 0.736. The number of nitrogens with zero attached hydrogens (tertiary/aromatic N) is 3. The standard InChI is InChI=1S/C10H18N4/c1-2-10(9-3-4-9)11-5-7-14-8-6-12-13-14/h6,8-11H,2-5,7H2,1H3. The van der Waals surface area contributed by atoms with Crippen molar-refractivity contribution in [2.75, 3.05) is 6.54 Å². The third-order valence-corrected chi connectivity index (χ3v) is 2.85. The maximum Gasteiger partial charge on any atom is 0.0692 e. The van der Waals surface area contributed by atoms with Gasteiger partial charge in [0.2, 0.25) is 0 Å². The lowest BCUT2D eigenvalue weighted by Crippen LogP contribution is -2.33. The summed E-state index contributed by atoms with van der Waals surface area (Å²) >= 11 is 0. The summed E-state index contributed by atoms with van der Waals surface area (Å²) in [4.78, 5) is 0. The molecule has 1 aliphatic rings. The summed E-state index contributed by atoms with van der Waals surface area (Å²) in [5.41, 5.74) is 0. The third-order valence-electron chi connectivity index (χ3n) is 2.85. The molecule has 0 spiro atoms. The minimum Gasteiger partial charge on any atom is -0.312 e. The second-order valence-electron chi connectivity index (χ2n) is 3.97. The molecular weight excluding hydrogens is 176 g/mol. The van der Waals surface area contributed by atoms with Crippen molar-refractivity contribution in [1.29, 1.82) is 0 Å². The van der Waals surface area contributed by atoms with E-state index in [1.54, 1.807) is 6.20 Å². The fraction of sp³-hybridized carbons (Fsp3) is 0.800. The lowest BCUT2D eigenvalue weighted by molar-refractivity contribution is 0.425. The van der Waals surface area contributed by atoms with Gasteiger partial charge in [-0.25, -0.2) is 0 Å². The molecule has 0 aromatic carbocycles. The molecule has 1 atom stereocenters. The Balaban J connectivity index is 1.66. The minimum absolute atomic E-state index is 0.721. The summed E-state index contributed by atoms with van der Waals surface area (Å²) in [6, 6.07) is 0.721. The molecule has 0 amide bonds. The molecule has 0 aliphatic heterocycles. The number of rotatable bonds is 6. The monoisotopic (exact) mass is 194 g/mol. The van der Waals surface area contributed by atoms with Gasteiger partial charge < -0.3 is 5.32 Å².